The van der Waals surface area contributed by atoms with Gasteiger partial charge in [-0.3, -0.25) is 14.5 Å². The van der Waals surface area contributed by atoms with Gasteiger partial charge < -0.3 is 4.90 Å². The van der Waals surface area contributed by atoms with Crippen molar-refractivity contribution in [2.24, 2.45) is 0 Å². The summed E-state index contributed by atoms with van der Waals surface area (Å²) in [6, 6.07) is 11.5. The first-order valence-electron chi connectivity index (χ1n) is 10.2. The van der Waals surface area contributed by atoms with Crippen molar-refractivity contribution < 1.29 is 26.4 Å². The summed E-state index contributed by atoms with van der Waals surface area (Å²) in [5.74, 6) is -4.31. The maximum Gasteiger partial charge on any atom is 0.267 e. The highest BCUT2D eigenvalue weighted by Crippen LogP contribution is 2.37. The number of nitrogens with one attached hydrogen (secondary N) is 1. The predicted octanol–water partition coefficient (Wildman–Crippen LogP) is 5.28. The molecule has 11 heteroatoms. The van der Waals surface area contributed by atoms with Crippen LogP contribution in [0, 0.1) is 17.5 Å². The highest BCUT2D eigenvalue weighted by Gasteiger charge is 2.26. The van der Waals surface area contributed by atoms with Gasteiger partial charge in [-0.25, -0.2) is 21.6 Å². The number of sulfonamides is 1. The molecular weight excluding hydrogens is 499 g/mol. The van der Waals surface area contributed by atoms with Crippen LogP contribution in [-0.2, 0) is 16.6 Å². The summed E-state index contributed by atoms with van der Waals surface area (Å²) in [6.07, 6.45) is 2.73. The van der Waals surface area contributed by atoms with Gasteiger partial charge in [-0.15, -0.1) is 11.3 Å². The Hall–Kier alpha value is -3.70. The number of hydrogen-bond acceptors (Lipinski definition) is 5. The first kappa shape index (κ1) is 23.1. The summed E-state index contributed by atoms with van der Waals surface area (Å²) < 4.78 is 68.4. The van der Waals surface area contributed by atoms with Crippen LogP contribution in [0.5, 0.6) is 0 Å². The Morgan fingerprint density at radius 2 is 1.63 bits per heavy atom. The number of nitrogens with zero attached hydrogens (tertiary/aromatic N) is 2. The fraction of sp³-hybridized carbons (Fsp3) is 0.0833. The van der Waals surface area contributed by atoms with Crippen LogP contribution in [0.15, 0.2) is 65.8 Å². The van der Waals surface area contributed by atoms with Gasteiger partial charge in [-0.05, 0) is 41.5 Å². The van der Waals surface area contributed by atoms with Crippen molar-refractivity contribution in [1.82, 2.24) is 9.88 Å². The van der Waals surface area contributed by atoms with Gasteiger partial charge >= 0.3 is 0 Å². The number of aromatic nitrogens is 1. The van der Waals surface area contributed by atoms with Gasteiger partial charge in [-0.1, -0.05) is 6.07 Å². The molecular formula is C24H16F3N3O3S2. The number of fused-ring (bicyclic) bond motifs is 1. The van der Waals surface area contributed by atoms with Crippen molar-refractivity contribution >= 4 is 33.0 Å². The number of amides is 1. The monoisotopic (exact) mass is 515 g/mol. The number of thiophene rings is 1. The highest BCUT2D eigenvalue weighted by molar-refractivity contribution is 7.92. The largest absolute Gasteiger partial charge is 0.337 e. The minimum absolute atomic E-state index is 0.0100. The Labute approximate surface area is 202 Å². The van der Waals surface area contributed by atoms with Gasteiger partial charge in [0.15, 0.2) is 4.90 Å². The lowest BCUT2D eigenvalue weighted by Crippen LogP contribution is -2.17. The zero-order chi connectivity index (χ0) is 24.9. The third-order valence-corrected chi connectivity index (χ3v) is 8.10. The molecule has 4 aromatic rings. The topological polar surface area (TPSA) is 79.4 Å². The van der Waals surface area contributed by atoms with Gasteiger partial charge in [0.25, 0.3) is 15.9 Å². The molecule has 0 saturated carbocycles. The van der Waals surface area contributed by atoms with Crippen LogP contribution in [0.25, 0.3) is 20.9 Å². The second-order valence-corrected chi connectivity index (χ2v) is 10.7. The summed E-state index contributed by atoms with van der Waals surface area (Å²) in [6.45, 7) is 0.543. The van der Waals surface area contributed by atoms with Gasteiger partial charge in [-0.2, -0.15) is 0 Å². The average Bonchev–Trinajstić information content (AvgIpc) is 3.37. The number of carbonyl (C=O) groups is 1. The van der Waals surface area contributed by atoms with Crippen LogP contribution < -0.4 is 4.72 Å². The molecule has 35 heavy (non-hydrogen) atoms. The molecule has 1 aliphatic heterocycles. The van der Waals surface area contributed by atoms with E-state index in [4.69, 9.17) is 0 Å². The third-order valence-electron chi connectivity index (χ3n) is 5.49. The fourth-order valence-corrected chi connectivity index (χ4v) is 6.03. The minimum atomic E-state index is -4.68. The molecule has 0 saturated heterocycles. The second kappa shape index (κ2) is 8.51. The molecule has 1 N–H and O–H groups in total. The molecule has 2 aromatic heterocycles. The molecule has 0 bridgehead atoms. The normalized spacial score (nSPS) is 13.3. The number of halogens is 3. The van der Waals surface area contributed by atoms with Crippen LogP contribution in [0.1, 0.15) is 15.9 Å². The molecule has 1 aliphatic rings. The van der Waals surface area contributed by atoms with E-state index in [0.717, 1.165) is 20.9 Å². The van der Waals surface area contributed by atoms with Crippen LogP contribution in [-0.4, -0.2) is 31.3 Å². The smallest absolute Gasteiger partial charge is 0.267 e. The average molecular weight is 516 g/mol. The van der Waals surface area contributed by atoms with E-state index in [1.54, 1.807) is 18.0 Å². The number of anilines is 1. The molecule has 0 atom stereocenters. The molecule has 2 aromatic carbocycles. The van der Waals surface area contributed by atoms with Crippen molar-refractivity contribution in [3.05, 3.63) is 89.5 Å². The number of benzene rings is 2. The quantitative estimate of drug-likeness (QED) is 0.392. The van der Waals surface area contributed by atoms with Crippen molar-refractivity contribution in [2.75, 3.05) is 11.8 Å². The van der Waals surface area contributed by atoms with Crippen molar-refractivity contribution in [1.29, 1.82) is 0 Å². The zero-order valence-corrected chi connectivity index (χ0v) is 19.7. The summed E-state index contributed by atoms with van der Waals surface area (Å²) in [4.78, 5) is 18.2. The number of pyridine rings is 1. The molecule has 0 spiro atoms. The molecule has 5 rings (SSSR count). The molecule has 1 amide bonds. The lowest BCUT2D eigenvalue weighted by Gasteiger charge is -2.10. The highest BCUT2D eigenvalue weighted by atomic mass is 32.2. The molecule has 6 nitrogen and oxygen atoms in total. The van der Waals surface area contributed by atoms with Gasteiger partial charge in [0.1, 0.15) is 17.5 Å². The Balaban J connectivity index is 1.42. The molecule has 0 fully saturated rings. The lowest BCUT2D eigenvalue weighted by molar-refractivity contribution is 0.0816. The van der Waals surface area contributed by atoms with E-state index in [1.165, 1.54) is 29.8 Å². The maximum atomic E-state index is 14.0. The Bertz CT molecular complexity index is 1580. The Morgan fingerprint density at radius 3 is 2.34 bits per heavy atom. The molecule has 3 heterocycles. The van der Waals surface area contributed by atoms with Crippen molar-refractivity contribution in [3.63, 3.8) is 0 Å². The summed E-state index contributed by atoms with van der Waals surface area (Å²) in [5, 5.41) is 0. The van der Waals surface area contributed by atoms with E-state index in [9.17, 15) is 26.4 Å². The van der Waals surface area contributed by atoms with E-state index in [2.05, 4.69) is 9.71 Å². The van der Waals surface area contributed by atoms with Crippen LogP contribution in [0.3, 0.4) is 0 Å². The fourth-order valence-electron chi connectivity index (χ4n) is 3.89. The Kier molecular flexibility index (Phi) is 5.60. The van der Waals surface area contributed by atoms with Crippen LogP contribution in [0.2, 0.25) is 0 Å². The first-order valence-corrected chi connectivity index (χ1v) is 12.5. The third kappa shape index (κ3) is 4.28. The van der Waals surface area contributed by atoms with E-state index in [-0.39, 0.29) is 11.6 Å². The summed E-state index contributed by atoms with van der Waals surface area (Å²) in [5.41, 5.74) is 3.14. The maximum absolute atomic E-state index is 14.0. The molecule has 0 radical (unpaired) electrons. The van der Waals surface area contributed by atoms with Gasteiger partial charge in [0, 0.05) is 52.8 Å². The Morgan fingerprint density at radius 1 is 0.943 bits per heavy atom. The van der Waals surface area contributed by atoms with Crippen LogP contribution >= 0.6 is 11.3 Å². The van der Waals surface area contributed by atoms with Crippen LogP contribution in [0.4, 0.5) is 18.9 Å². The first-order chi connectivity index (χ1) is 16.6. The second-order valence-electron chi connectivity index (χ2n) is 7.96. The summed E-state index contributed by atoms with van der Waals surface area (Å²) >= 11 is 1.44. The number of hydrogen-bond donors (Lipinski definition) is 1. The lowest BCUT2D eigenvalue weighted by atomic mass is 10.1. The molecule has 178 valence electrons. The zero-order valence-electron chi connectivity index (χ0n) is 18.1. The van der Waals surface area contributed by atoms with Crippen molar-refractivity contribution in [2.45, 2.75) is 11.4 Å². The number of rotatable bonds is 5. The van der Waals surface area contributed by atoms with Crippen molar-refractivity contribution in [3.8, 4) is 20.9 Å². The van der Waals surface area contributed by atoms with E-state index >= 15 is 0 Å². The van der Waals surface area contributed by atoms with E-state index < -0.39 is 32.4 Å². The number of carbonyl (C=O) groups excluding carboxylic acids is 1. The molecule has 0 aliphatic carbocycles. The predicted molar refractivity (Wildman–Crippen MR) is 126 cm³/mol. The van der Waals surface area contributed by atoms with E-state index in [1.807, 2.05) is 24.3 Å². The minimum Gasteiger partial charge on any atom is -0.337 e. The van der Waals surface area contributed by atoms with E-state index in [0.29, 0.717) is 29.8 Å². The van der Waals surface area contributed by atoms with Gasteiger partial charge in [0.05, 0.1) is 11.9 Å². The summed E-state index contributed by atoms with van der Waals surface area (Å²) in [7, 11) is -2.93. The molecule has 0 unspecified atom stereocenters. The standard InChI is InChI=1S/C24H16F3N3O3S2/c1-30-12-15-6-13(2-3-18(15)24(30)31)21-4-5-22(34-21)14-7-17(11-28-10-14)29-35(32,33)23-19(26)8-16(25)9-20(23)27/h2-11,29H,12H2,1H3. The van der Waals surface area contributed by atoms with Gasteiger partial charge in [0.2, 0.25) is 0 Å². The SMILES string of the molecule is CN1Cc2cc(-c3ccc(-c4cncc(NS(=O)(=O)c5c(F)cc(F)cc5F)c4)s3)ccc2C1=O.